The number of benzene rings is 8. The Morgan fingerprint density at radius 1 is 0.600 bits per heavy atom. The molecule has 0 atom stereocenters. The number of halogens is 2. The molecule has 4 N–H and O–H groups in total. The minimum absolute atomic E-state index is 0. The molecular formula is C52H42BaCl2N6O12S2. The maximum Gasteiger partial charge on any atom is 2.00 e. The third-order valence-electron chi connectivity index (χ3n) is 11.2. The summed E-state index contributed by atoms with van der Waals surface area (Å²) >= 11 is 12.2. The van der Waals surface area contributed by atoms with E-state index in [1.807, 2.05) is 6.92 Å². The number of hydrogen-bond donors (Lipinski definition) is 4. The Bertz CT molecular complexity index is 3530. The Morgan fingerprint density at radius 2 is 1.01 bits per heavy atom. The second kappa shape index (κ2) is 25.0. The van der Waals surface area contributed by atoms with Gasteiger partial charge in [-0.25, -0.2) is 8.42 Å². The van der Waals surface area contributed by atoms with E-state index in [1.54, 1.807) is 104 Å². The van der Waals surface area contributed by atoms with Crippen LogP contribution >= 0.6 is 23.2 Å². The summed E-state index contributed by atoms with van der Waals surface area (Å²) in [5.74, 6) is -1.21. The third kappa shape index (κ3) is 13.7. The molecule has 0 aliphatic heterocycles. The molecule has 0 aromatic heterocycles. The number of phenols is 1. The van der Waals surface area contributed by atoms with Gasteiger partial charge in [-0.1, -0.05) is 91.3 Å². The van der Waals surface area contributed by atoms with Crippen LogP contribution in [0.4, 0.5) is 34.1 Å². The molecule has 8 aromatic rings. The van der Waals surface area contributed by atoms with Crippen LogP contribution in [0.15, 0.2) is 164 Å². The topological polar surface area (TPSA) is 281 Å². The molecule has 8 aromatic carbocycles. The zero-order valence-electron chi connectivity index (χ0n) is 40.2. The molecule has 0 aliphatic rings. The zero-order chi connectivity index (χ0) is 53.5. The Labute approximate surface area is 481 Å². The second-order valence-electron chi connectivity index (χ2n) is 15.9. The van der Waals surface area contributed by atoms with Crippen LogP contribution < -0.4 is 25.2 Å². The number of aromatic hydroxyl groups is 1. The molecular weight excluding hydrogens is 1170 g/mol. The van der Waals surface area contributed by atoms with Gasteiger partial charge in [-0.3, -0.25) is 14.1 Å². The number of nitrogens with zero attached hydrogens (tertiary/aromatic N) is 4. The number of carbonyl (C=O) groups excluding carboxylic acids is 2. The smallest absolute Gasteiger partial charge is 0.870 e. The van der Waals surface area contributed by atoms with Gasteiger partial charge in [-0.2, -0.15) is 13.5 Å². The van der Waals surface area contributed by atoms with E-state index < -0.39 is 53.3 Å². The summed E-state index contributed by atoms with van der Waals surface area (Å²) in [7, 11) is -6.56. The van der Waals surface area contributed by atoms with E-state index in [2.05, 4.69) is 31.1 Å². The van der Waals surface area contributed by atoms with Gasteiger partial charge in [0.15, 0.2) is 5.75 Å². The van der Waals surface area contributed by atoms with Crippen LogP contribution in [0.1, 0.15) is 45.7 Å². The number of anilines is 2. The van der Waals surface area contributed by atoms with E-state index in [4.69, 9.17) is 32.7 Å². The largest absolute Gasteiger partial charge is 2.00 e. The number of aryl methyl sites for hydroxylation is 2. The number of methoxy groups -OCH3 is 2. The number of rotatable bonds is 14. The Morgan fingerprint density at radius 3 is 1.47 bits per heavy atom. The van der Waals surface area contributed by atoms with Gasteiger partial charge in [-0.05, 0) is 120 Å². The predicted molar refractivity (Wildman–Crippen MR) is 284 cm³/mol. The fourth-order valence-corrected chi connectivity index (χ4v) is 9.37. The van der Waals surface area contributed by atoms with Crippen LogP contribution in [0.2, 0.25) is 10.0 Å². The molecule has 75 heavy (non-hydrogen) atoms. The van der Waals surface area contributed by atoms with Crippen molar-refractivity contribution in [3.05, 3.63) is 166 Å². The van der Waals surface area contributed by atoms with Crippen LogP contribution in [0.5, 0.6) is 23.0 Å². The van der Waals surface area contributed by atoms with Crippen LogP contribution in [0.3, 0.4) is 0 Å². The summed E-state index contributed by atoms with van der Waals surface area (Å²) in [4.78, 5) is 24.9. The van der Waals surface area contributed by atoms with Gasteiger partial charge in [0, 0.05) is 37.8 Å². The number of phenolic OH excluding ortho intramolecular Hbond substituents is 1. The van der Waals surface area contributed by atoms with E-state index >= 15 is 0 Å². The molecule has 0 fully saturated rings. The normalized spacial score (nSPS) is 11.5. The van der Waals surface area contributed by atoms with Crippen molar-refractivity contribution in [1.29, 1.82) is 0 Å². The molecule has 0 radical (unpaired) electrons. The van der Waals surface area contributed by atoms with Crippen LogP contribution in [0, 0.1) is 0 Å². The first kappa shape index (κ1) is 57.9. The van der Waals surface area contributed by atoms with Gasteiger partial charge >= 0.3 is 48.9 Å². The molecule has 0 bridgehead atoms. The Hall–Kier alpha value is -6.41. The van der Waals surface area contributed by atoms with Gasteiger partial charge in [-0.15, -0.1) is 15.3 Å². The first-order chi connectivity index (χ1) is 35.2. The standard InChI is InChI=1S/2C26H22ClN3O6S.Ba/c2*1-3-15-13-22(23(14-21(15)27)37(33,34)35)29-30-24-19-7-5-4-6-16(19)12-20(25(24)31)26(32)28-17-8-10-18(36-2)11-9-17;/h2*4-14,31H,3H2,1-2H3,(H,28,32)(H,33,34,35);/q;;+2/p-2. The van der Waals surface area contributed by atoms with Crippen molar-refractivity contribution in [2.45, 2.75) is 36.5 Å². The van der Waals surface area contributed by atoms with Crippen molar-refractivity contribution >= 4 is 160 Å². The number of amides is 2. The number of azo groups is 2. The average molecular weight is 1220 g/mol. The SMILES string of the molecule is CCc1cc(N=Nc2c(O)c(C(=O)Nc3ccc(OC)cc3)cc3ccccc23)c(S(=O)(=O)O)cc1Cl.CCc1cc(N=Nc2c([O-])c(C(=O)Nc3ccc(OC)cc3)cc3ccccc23)c(S(=O)(=O)[O-])cc1Cl.[Ba+2]. The minimum Gasteiger partial charge on any atom is -0.870 e. The Balaban J connectivity index is 0.000000241. The molecule has 380 valence electrons. The fraction of sp³-hybridized carbons (Fsp3) is 0.115. The molecule has 2 amide bonds. The fourth-order valence-electron chi connectivity index (χ4n) is 7.40. The first-order valence-electron chi connectivity index (χ1n) is 22.0. The summed E-state index contributed by atoms with van der Waals surface area (Å²) in [5.41, 5.74) is 1.15. The number of ether oxygens (including phenoxy) is 2. The van der Waals surface area contributed by atoms with Crippen molar-refractivity contribution in [2.75, 3.05) is 24.9 Å². The van der Waals surface area contributed by atoms with E-state index in [1.165, 1.54) is 38.5 Å². The molecule has 8 rings (SSSR count). The van der Waals surface area contributed by atoms with Crippen LogP contribution in [-0.4, -0.2) is 106 Å². The average Bonchev–Trinajstić information content (AvgIpc) is 3.38. The summed E-state index contributed by atoms with van der Waals surface area (Å²) in [6.45, 7) is 3.61. The molecule has 18 nitrogen and oxygen atoms in total. The number of nitrogens with one attached hydrogen (secondary N) is 2. The maximum atomic E-state index is 13.4. The molecule has 0 spiro atoms. The summed E-state index contributed by atoms with van der Waals surface area (Å²) in [6.07, 6.45) is 0.916. The van der Waals surface area contributed by atoms with Gasteiger partial charge in [0.25, 0.3) is 21.9 Å². The van der Waals surface area contributed by atoms with Crippen LogP contribution in [-0.2, 0) is 33.1 Å². The van der Waals surface area contributed by atoms with E-state index in [9.17, 15) is 45.7 Å². The molecule has 0 aliphatic carbocycles. The number of carbonyl (C=O) groups is 2. The van der Waals surface area contributed by atoms with Crippen molar-refractivity contribution < 1.29 is 55.2 Å². The monoisotopic (exact) mass is 1210 g/mol. The van der Waals surface area contributed by atoms with E-state index in [0.717, 1.165) is 12.1 Å². The number of hydrogen-bond acceptors (Lipinski definition) is 15. The third-order valence-corrected chi connectivity index (χ3v) is 13.7. The zero-order valence-corrected chi connectivity index (χ0v) is 47.7. The van der Waals surface area contributed by atoms with Crippen molar-refractivity contribution in [3.63, 3.8) is 0 Å². The summed E-state index contributed by atoms with van der Waals surface area (Å²) < 4.78 is 79.2. The molecule has 0 saturated carbocycles. The van der Waals surface area contributed by atoms with Gasteiger partial charge in [0.1, 0.15) is 43.6 Å². The first-order valence-corrected chi connectivity index (χ1v) is 25.6. The predicted octanol–water partition coefficient (Wildman–Crippen LogP) is 12.0. The van der Waals surface area contributed by atoms with Gasteiger partial charge < -0.3 is 34.9 Å². The molecule has 0 saturated heterocycles. The summed E-state index contributed by atoms with van der Waals surface area (Å²) in [5, 5.41) is 48.2. The van der Waals surface area contributed by atoms with Gasteiger partial charge in [0.05, 0.1) is 30.4 Å². The number of fused-ring (bicyclic) bond motifs is 2. The molecule has 23 heteroatoms. The maximum absolute atomic E-state index is 13.4. The molecule has 0 unspecified atom stereocenters. The quantitative estimate of drug-likeness (QED) is 0.0449. The van der Waals surface area contributed by atoms with Crippen molar-refractivity contribution in [3.8, 4) is 23.0 Å². The van der Waals surface area contributed by atoms with Crippen molar-refractivity contribution in [1.82, 2.24) is 0 Å². The minimum atomic E-state index is -4.94. The van der Waals surface area contributed by atoms with Crippen LogP contribution in [0.25, 0.3) is 21.5 Å². The van der Waals surface area contributed by atoms with Gasteiger partial charge in [0.2, 0.25) is 0 Å². The van der Waals surface area contributed by atoms with Crippen molar-refractivity contribution in [2.24, 2.45) is 20.5 Å². The molecule has 0 heterocycles. The van der Waals surface area contributed by atoms with E-state index in [0.29, 0.717) is 68.4 Å². The van der Waals surface area contributed by atoms with E-state index in [-0.39, 0.29) is 92.8 Å². The summed E-state index contributed by atoms with van der Waals surface area (Å²) in [6, 6.07) is 34.7. The second-order valence-corrected chi connectivity index (χ2v) is 19.4. The Kier molecular flexibility index (Phi) is 19.3.